The molecule has 0 spiro atoms. The first kappa shape index (κ1) is 18.6. The number of rotatable bonds is 5. The molecule has 9 heteroatoms. The maximum atomic E-state index is 13.0. The lowest BCUT2D eigenvalue weighted by Crippen LogP contribution is -2.34. The molecule has 3 aliphatic rings. The van der Waals surface area contributed by atoms with Gasteiger partial charge >= 0.3 is 0 Å². The van der Waals surface area contributed by atoms with Crippen LogP contribution in [-0.2, 0) is 14.3 Å². The number of carbonyl (C=O) groups is 2. The van der Waals surface area contributed by atoms with Crippen LogP contribution in [0.1, 0.15) is 12.8 Å². The summed E-state index contributed by atoms with van der Waals surface area (Å²) >= 11 is 0. The lowest BCUT2D eigenvalue weighted by Gasteiger charge is -2.18. The van der Waals surface area contributed by atoms with E-state index < -0.39 is 16.8 Å². The molecule has 0 radical (unpaired) electrons. The Labute approximate surface area is 171 Å². The van der Waals surface area contributed by atoms with Crippen LogP contribution >= 0.6 is 0 Å². The van der Waals surface area contributed by atoms with Gasteiger partial charge in [-0.25, -0.2) is 4.90 Å². The Bertz CT molecular complexity index is 1020. The van der Waals surface area contributed by atoms with Crippen LogP contribution in [0.5, 0.6) is 17.2 Å². The van der Waals surface area contributed by atoms with Gasteiger partial charge in [-0.3, -0.25) is 19.7 Å². The van der Waals surface area contributed by atoms with Crippen molar-refractivity contribution in [3.05, 3.63) is 52.6 Å². The van der Waals surface area contributed by atoms with Gasteiger partial charge in [0.15, 0.2) is 0 Å². The molecule has 2 aromatic rings. The molecule has 3 saturated heterocycles. The second kappa shape index (κ2) is 6.81. The molecule has 0 aliphatic carbocycles. The van der Waals surface area contributed by atoms with E-state index >= 15 is 0 Å². The van der Waals surface area contributed by atoms with Gasteiger partial charge in [-0.15, -0.1) is 0 Å². The highest BCUT2D eigenvalue weighted by atomic mass is 16.6. The number of hydrogen-bond acceptors (Lipinski definition) is 7. The normalized spacial score (nSPS) is 26.8. The number of nitrogens with zero attached hydrogens (tertiary/aromatic N) is 2. The summed E-state index contributed by atoms with van der Waals surface area (Å²) < 4.78 is 16.6. The van der Waals surface area contributed by atoms with Crippen LogP contribution < -0.4 is 14.4 Å². The van der Waals surface area contributed by atoms with Crippen LogP contribution in [0.3, 0.4) is 0 Å². The van der Waals surface area contributed by atoms with Gasteiger partial charge in [0.2, 0.25) is 11.8 Å². The molecule has 30 heavy (non-hydrogen) atoms. The van der Waals surface area contributed by atoms with E-state index in [1.807, 2.05) is 0 Å². The Hall–Kier alpha value is -3.46. The summed E-state index contributed by atoms with van der Waals surface area (Å²) in [5.41, 5.74) is -0.135. The zero-order valence-corrected chi connectivity index (χ0v) is 16.0. The molecule has 9 nitrogen and oxygen atoms in total. The molecule has 3 aliphatic heterocycles. The average molecular weight is 410 g/mol. The molecule has 2 aromatic carbocycles. The molecule has 0 N–H and O–H groups in total. The highest BCUT2D eigenvalue weighted by Crippen LogP contribution is 2.50. The van der Waals surface area contributed by atoms with Crippen LogP contribution in [0.25, 0.3) is 0 Å². The number of anilines is 1. The lowest BCUT2D eigenvalue weighted by molar-refractivity contribution is -0.384. The van der Waals surface area contributed by atoms with E-state index in [0.717, 1.165) is 17.7 Å². The van der Waals surface area contributed by atoms with Gasteiger partial charge in [-0.1, -0.05) is 0 Å². The van der Waals surface area contributed by atoms with Gasteiger partial charge in [0.25, 0.3) is 5.69 Å². The minimum Gasteiger partial charge on any atom is -0.497 e. The molecule has 3 heterocycles. The number of amides is 2. The molecule has 154 valence electrons. The molecular formula is C21H18N2O7. The number of nitro benzene ring substituents is 1. The van der Waals surface area contributed by atoms with E-state index in [-0.39, 0.29) is 41.1 Å². The largest absolute Gasteiger partial charge is 0.497 e. The standard InChI is InChI=1S/C21H18N2O7/c1-28-13-2-4-14(5-3-13)29-15-9-11(8-12(10-15)23(26)27)22-20(24)18-16-6-7-17(30-16)19(18)21(22)25/h2-5,8-10,16-19H,6-7H2,1H3. The average Bonchev–Trinajstić information content (AvgIpc) is 3.42. The summed E-state index contributed by atoms with van der Waals surface area (Å²) in [4.78, 5) is 37.9. The molecule has 3 fully saturated rings. The number of nitro groups is 1. The van der Waals surface area contributed by atoms with Crippen molar-refractivity contribution in [2.45, 2.75) is 25.0 Å². The highest BCUT2D eigenvalue weighted by molar-refractivity contribution is 6.23. The fraction of sp³-hybridized carbons (Fsp3) is 0.333. The van der Waals surface area contributed by atoms with E-state index in [4.69, 9.17) is 14.2 Å². The van der Waals surface area contributed by atoms with Crippen LogP contribution in [0, 0.1) is 22.0 Å². The van der Waals surface area contributed by atoms with Gasteiger partial charge in [0, 0.05) is 12.1 Å². The quantitative estimate of drug-likeness (QED) is 0.423. The van der Waals surface area contributed by atoms with Crippen molar-refractivity contribution in [3.63, 3.8) is 0 Å². The Kier molecular flexibility index (Phi) is 4.21. The Morgan fingerprint density at radius 2 is 1.57 bits per heavy atom. The number of hydrogen-bond donors (Lipinski definition) is 0. The van der Waals surface area contributed by atoms with Crippen molar-refractivity contribution in [3.8, 4) is 17.2 Å². The Morgan fingerprint density at radius 3 is 2.13 bits per heavy atom. The van der Waals surface area contributed by atoms with Crippen LogP contribution in [-0.4, -0.2) is 36.1 Å². The monoisotopic (exact) mass is 410 g/mol. The molecule has 0 saturated carbocycles. The topological polar surface area (TPSA) is 108 Å². The Morgan fingerprint density at radius 1 is 0.967 bits per heavy atom. The maximum Gasteiger partial charge on any atom is 0.275 e. The summed E-state index contributed by atoms with van der Waals surface area (Å²) in [6, 6.07) is 10.6. The van der Waals surface area contributed by atoms with Crippen molar-refractivity contribution >= 4 is 23.2 Å². The van der Waals surface area contributed by atoms with Gasteiger partial charge in [0.05, 0.1) is 47.8 Å². The fourth-order valence-electron chi connectivity index (χ4n) is 4.61. The zero-order valence-electron chi connectivity index (χ0n) is 16.0. The summed E-state index contributed by atoms with van der Waals surface area (Å²) in [5, 5.41) is 11.5. The third kappa shape index (κ3) is 2.81. The minimum absolute atomic E-state index is 0.136. The minimum atomic E-state index is -0.580. The predicted octanol–water partition coefficient (Wildman–Crippen LogP) is 3.06. The van der Waals surface area contributed by atoms with E-state index in [1.54, 1.807) is 31.4 Å². The Balaban J connectivity index is 1.49. The molecule has 2 bridgehead atoms. The number of benzene rings is 2. The number of methoxy groups -OCH3 is 1. The number of carbonyl (C=O) groups excluding carboxylic acids is 2. The molecule has 4 unspecified atom stereocenters. The third-order valence-corrected chi connectivity index (χ3v) is 5.92. The van der Waals surface area contributed by atoms with Gasteiger partial charge < -0.3 is 14.2 Å². The summed E-state index contributed by atoms with van der Waals surface area (Å²) in [7, 11) is 1.54. The predicted molar refractivity (Wildman–Crippen MR) is 104 cm³/mol. The molecule has 5 rings (SSSR count). The van der Waals surface area contributed by atoms with Crippen molar-refractivity contribution in [1.29, 1.82) is 0 Å². The lowest BCUT2D eigenvalue weighted by atomic mass is 9.81. The van der Waals surface area contributed by atoms with Crippen molar-refractivity contribution < 1.29 is 28.7 Å². The van der Waals surface area contributed by atoms with E-state index in [2.05, 4.69) is 0 Å². The van der Waals surface area contributed by atoms with Gasteiger partial charge in [0.1, 0.15) is 17.2 Å². The summed E-state index contributed by atoms with van der Waals surface area (Å²) in [6.07, 6.45) is 0.990. The maximum absolute atomic E-state index is 13.0. The summed E-state index contributed by atoms with van der Waals surface area (Å²) in [6.45, 7) is 0. The first-order valence-corrected chi connectivity index (χ1v) is 9.61. The fourth-order valence-corrected chi connectivity index (χ4v) is 4.61. The molecular weight excluding hydrogens is 392 g/mol. The second-order valence-electron chi connectivity index (χ2n) is 7.57. The SMILES string of the molecule is COc1ccc(Oc2cc(N3C(=O)C4C5CCC(O5)C4C3=O)cc([N+](=O)[O-])c2)cc1. The second-order valence-corrected chi connectivity index (χ2v) is 7.57. The number of non-ortho nitro benzene ring substituents is 1. The number of imide groups is 1. The first-order chi connectivity index (χ1) is 14.5. The van der Waals surface area contributed by atoms with E-state index in [9.17, 15) is 19.7 Å². The van der Waals surface area contributed by atoms with Crippen molar-refractivity contribution in [2.24, 2.45) is 11.8 Å². The first-order valence-electron chi connectivity index (χ1n) is 9.61. The van der Waals surface area contributed by atoms with Gasteiger partial charge in [-0.2, -0.15) is 0 Å². The molecule has 4 atom stereocenters. The zero-order chi connectivity index (χ0) is 21.0. The van der Waals surface area contributed by atoms with Crippen molar-refractivity contribution in [2.75, 3.05) is 12.0 Å². The smallest absolute Gasteiger partial charge is 0.275 e. The molecule has 0 aromatic heterocycles. The van der Waals surface area contributed by atoms with Crippen LogP contribution in [0.15, 0.2) is 42.5 Å². The number of ether oxygens (including phenoxy) is 3. The summed E-state index contributed by atoms with van der Waals surface area (Å²) in [5.74, 6) is -0.534. The van der Waals surface area contributed by atoms with Crippen molar-refractivity contribution in [1.82, 2.24) is 0 Å². The van der Waals surface area contributed by atoms with Crippen LogP contribution in [0.4, 0.5) is 11.4 Å². The van der Waals surface area contributed by atoms with E-state index in [0.29, 0.717) is 11.5 Å². The van der Waals surface area contributed by atoms with Crippen LogP contribution in [0.2, 0.25) is 0 Å². The third-order valence-electron chi connectivity index (χ3n) is 5.92. The highest BCUT2D eigenvalue weighted by Gasteiger charge is 2.62. The van der Waals surface area contributed by atoms with E-state index in [1.165, 1.54) is 18.2 Å². The number of fused-ring (bicyclic) bond motifs is 5. The van der Waals surface area contributed by atoms with Gasteiger partial charge in [-0.05, 0) is 37.1 Å². The molecule has 2 amide bonds.